The third kappa shape index (κ3) is 2.87. The number of benzene rings is 3. The Morgan fingerprint density at radius 1 is 1.00 bits per heavy atom. The van der Waals surface area contributed by atoms with Gasteiger partial charge in [0.25, 0.3) is 5.91 Å². The van der Waals surface area contributed by atoms with Crippen molar-refractivity contribution in [1.29, 1.82) is 0 Å². The van der Waals surface area contributed by atoms with Gasteiger partial charge >= 0.3 is 0 Å². The van der Waals surface area contributed by atoms with Crippen LogP contribution in [0.4, 0.5) is 5.69 Å². The lowest BCUT2D eigenvalue weighted by molar-refractivity contribution is 0.102. The normalized spacial score (nSPS) is 11.6. The van der Waals surface area contributed by atoms with Crippen LogP contribution in [0.5, 0.6) is 5.75 Å². The third-order valence-electron chi connectivity index (χ3n) is 4.47. The fourth-order valence-corrected chi connectivity index (χ4v) is 3.49. The molecule has 3 nitrogen and oxygen atoms in total. The molecule has 3 aromatic rings. The third-order valence-corrected chi connectivity index (χ3v) is 4.76. The molecule has 124 valence electrons. The molecule has 1 amide bonds. The fourth-order valence-electron chi connectivity index (χ4n) is 3.23. The van der Waals surface area contributed by atoms with Crippen LogP contribution in [0.15, 0.2) is 60.7 Å². The van der Waals surface area contributed by atoms with Crippen LogP contribution in [-0.4, -0.2) is 13.0 Å². The van der Waals surface area contributed by atoms with Crippen molar-refractivity contribution in [3.63, 3.8) is 0 Å². The molecule has 0 atom stereocenters. The van der Waals surface area contributed by atoms with Crippen LogP contribution in [0.2, 0.25) is 5.02 Å². The van der Waals surface area contributed by atoms with Crippen LogP contribution in [0, 0.1) is 0 Å². The Bertz CT molecular complexity index is 981. The van der Waals surface area contributed by atoms with Crippen LogP contribution >= 0.6 is 11.6 Å². The van der Waals surface area contributed by atoms with Gasteiger partial charge in [-0.3, -0.25) is 4.79 Å². The van der Waals surface area contributed by atoms with Crippen molar-refractivity contribution in [2.45, 2.75) is 6.42 Å². The average Bonchev–Trinajstić information content (AvgIpc) is 2.99. The minimum atomic E-state index is -0.194. The highest BCUT2D eigenvalue weighted by Gasteiger charge is 2.18. The number of rotatable bonds is 3. The molecular weight excluding hydrogens is 334 g/mol. The summed E-state index contributed by atoms with van der Waals surface area (Å²) in [7, 11) is 1.55. The Balaban J connectivity index is 1.57. The summed E-state index contributed by atoms with van der Waals surface area (Å²) < 4.78 is 5.12. The molecule has 0 saturated heterocycles. The van der Waals surface area contributed by atoms with Gasteiger partial charge in [0.1, 0.15) is 5.75 Å². The second-order valence-electron chi connectivity index (χ2n) is 6.01. The molecule has 1 N–H and O–H groups in total. The first-order valence-electron chi connectivity index (χ1n) is 8.02. The van der Waals surface area contributed by atoms with E-state index >= 15 is 0 Å². The first-order valence-corrected chi connectivity index (χ1v) is 8.39. The van der Waals surface area contributed by atoms with E-state index in [0.29, 0.717) is 16.3 Å². The number of anilines is 1. The molecule has 0 saturated carbocycles. The van der Waals surface area contributed by atoms with E-state index in [4.69, 9.17) is 16.3 Å². The maximum Gasteiger partial charge on any atom is 0.255 e. The Labute approximate surface area is 151 Å². The van der Waals surface area contributed by atoms with E-state index in [-0.39, 0.29) is 5.91 Å². The molecule has 4 heteroatoms. The lowest BCUT2D eigenvalue weighted by Crippen LogP contribution is -2.12. The molecular formula is C21H16ClNO2. The Kier molecular flexibility index (Phi) is 3.94. The Morgan fingerprint density at radius 3 is 2.60 bits per heavy atom. The largest absolute Gasteiger partial charge is 0.495 e. The van der Waals surface area contributed by atoms with Gasteiger partial charge in [-0.15, -0.1) is 0 Å². The molecule has 0 radical (unpaired) electrons. The van der Waals surface area contributed by atoms with Gasteiger partial charge in [0, 0.05) is 11.3 Å². The standard InChI is InChI=1S/C21H16ClNO2/c1-25-20-9-6-14(12-19(20)22)21(24)23-16-7-8-18-15(11-16)10-13-4-2-3-5-17(13)18/h2-9,11-12H,10H2,1H3,(H,23,24). The summed E-state index contributed by atoms with van der Waals surface area (Å²) in [6.07, 6.45) is 0.892. The van der Waals surface area contributed by atoms with Crippen molar-refractivity contribution in [3.8, 4) is 16.9 Å². The van der Waals surface area contributed by atoms with Crippen molar-refractivity contribution < 1.29 is 9.53 Å². The number of carbonyl (C=O) groups excluding carboxylic acids is 1. The summed E-state index contributed by atoms with van der Waals surface area (Å²) in [5, 5.41) is 3.36. The van der Waals surface area contributed by atoms with Crippen molar-refractivity contribution in [2.24, 2.45) is 0 Å². The SMILES string of the molecule is COc1ccc(C(=O)Nc2ccc3c(c2)Cc2ccccc2-3)cc1Cl. The molecule has 4 rings (SSSR count). The molecule has 0 unspecified atom stereocenters. The molecule has 0 aromatic heterocycles. The highest BCUT2D eigenvalue weighted by atomic mass is 35.5. The van der Waals surface area contributed by atoms with Crippen molar-refractivity contribution in [2.75, 3.05) is 12.4 Å². The minimum absolute atomic E-state index is 0.194. The van der Waals surface area contributed by atoms with E-state index in [1.165, 1.54) is 22.3 Å². The van der Waals surface area contributed by atoms with Gasteiger partial charge in [0.05, 0.1) is 12.1 Å². The zero-order valence-corrected chi connectivity index (χ0v) is 14.4. The number of hydrogen-bond donors (Lipinski definition) is 1. The van der Waals surface area contributed by atoms with E-state index in [1.54, 1.807) is 25.3 Å². The van der Waals surface area contributed by atoms with Gasteiger partial charge in [0.2, 0.25) is 0 Å². The van der Waals surface area contributed by atoms with Crippen molar-refractivity contribution >= 4 is 23.2 Å². The summed E-state index contributed by atoms with van der Waals surface area (Å²) in [4.78, 5) is 12.5. The second-order valence-corrected chi connectivity index (χ2v) is 6.42. The number of hydrogen-bond acceptors (Lipinski definition) is 2. The van der Waals surface area contributed by atoms with Crippen LogP contribution in [0.3, 0.4) is 0 Å². The maximum absolute atomic E-state index is 12.5. The van der Waals surface area contributed by atoms with Gasteiger partial charge in [0.15, 0.2) is 0 Å². The number of halogens is 1. The topological polar surface area (TPSA) is 38.3 Å². The molecule has 0 fully saturated rings. The van der Waals surface area contributed by atoms with Gasteiger partial charge in [-0.2, -0.15) is 0 Å². The number of fused-ring (bicyclic) bond motifs is 3. The van der Waals surface area contributed by atoms with Crippen molar-refractivity contribution in [1.82, 2.24) is 0 Å². The summed E-state index contributed by atoms with van der Waals surface area (Å²) >= 11 is 6.10. The zero-order chi connectivity index (χ0) is 17.4. The maximum atomic E-state index is 12.5. The lowest BCUT2D eigenvalue weighted by atomic mass is 10.1. The predicted octanol–water partition coefficient (Wildman–Crippen LogP) is 5.17. The van der Waals surface area contributed by atoms with Crippen LogP contribution in [0.1, 0.15) is 21.5 Å². The van der Waals surface area contributed by atoms with E-state index in [2.05, 4.69) is 35.6 Å². The smallest absolute Gasteiger partial charge is 0.255 e. The van der Waals surface area contributed by atoms with Gasteiger partial charge in [-0.25, -0.2) is 0 Å². The first kappa shape index (κ1) is 15.7. The zero-order valence-electron chi connectivity index (χ0n) is 13.7. The van der Waals surface area contributed by atoms with E-state index in [9.17, 15) is 4.79 Å². The molecule has 1 aliphatic rings. The number of carbonyl (C=O) groups is 1. The Hall–Kier alpha value is -2.78. The number of amides is 1. The average molecular weight is 350 g/mol. The summed E-state index contributed by atoms with van der Waals surface area (Å²) in [5.74, 6) is 0.355. The second kappa shape index (κ2) is 6.26. The Morgan fingerprint density at radius 2 is 1.80 bits per heavy atom. The highest BCUT2D eigenvalue weighted by Crippen LogP contribution is 2.37. The monoisotopic (exact) mass is 349 g/mol. The first-order chi connectivity index (χ1) is 12.2. The minimum Gasteiger partial charge on any atom is -0.495 e. The highest BCUT2D eigenvalue weighted by molar-refractivity contribution is 6.32. The van der Waals surface area contributed by atoms with Crippen LogP contribution < -0.4 is 10.1 Å². The molecule has 0 heterocycles. The van der Waals surface area contributed by atoms with Gasteiger partial charge in [-0.1, -0.05) is 41.9 Å². The molecule has 3 aromatic carbocycles. The molecule has 0 aliphatic heterocycles. The fraction of sp³-hybridized carbons (Fsp3) is 0.0952. The quantitative estimate of drug-likeness (QED) is 0.554. The molecule has 0 bridgehead atoms. The summed E-state index contributed by atoms with van der Waals surface area (Å²) in [6, 6.07) is 19.4. The summed E-state index contributed by atoms with van der Waals surface area (Å²) in [5.41, 5.74) is 6.34. The number of nitrogens with one attached hydrogen (secondary N) is 1. The number of ether oxygens (including phenoxy) is 1. The van der Waals surface area contributed by atoms with Crippen molar-refractivity contribution in [3.05, 3.63) is 82.4 Å². The van der Waals surface area contributed by atoms with E-state index in [0.717, 1.165) is 12.1 Å². The lowest BCUT2D eigenvalue weighted by Gasteiger charge is -2.09. The molecule has 0 spiro atoms. The van der Waals surface area contributed by atoms with E-state index in [1.807, 2.05) is 12.1 Å². The number of methoxy groups -OCH3 is 1. The predicted molar refractivity (Wildman–Crippen MR) is 101 cm³/mol. The molecule has 1 aliphatic carbocycles. The van der Waals surface area contributed by atoms with Gasteiger partial charge < -0.3 is 10.1 Å². The van der Waals surface area contributed by atoms with Gasteiger partial charge in [-0.05, 0) is 59.0 Å². The molecule has 25 heavy (non-hydrogen) atoms. The van der Waals surface area contributed by atoms with Crippen LogP contribution in [0.25, 0.3) is 11.1 Å². The van der Waals surface area contributed by atoms with Crippen LogP contribution in [-0.2, 0) is 6.42 Å². The van der Waals surface area contributed by atoms with E-state index < -0.39 is 0 Å². The summed E-state index contributed by atoms with van der Waals surface area (Å²) in [6.45, 7) is 0.